The molecule has 0 saturated heterocycles. The highest BCUT2D eigenvalue weighted by atomic mass is 16.5. The van der Waals surface area contributed by atoms with Gasteiger partial charge in [0.1, 0.15) is 0 Å². The summed E-state index contributed by atoms with van der Waals surface area (Å²) in [7, 11) is 1.65. The van der Waals surface area contributed by atoms with E-state index in [0.717, 1.165) is 24.1 Å². The Labute approximate surface area is 125 Å². The fourth-order valence-electron chi connectivity index (χ4n) is 2.33. The molecule has 1 aromatic rings. The van der Waals surface area contributed by atoms with Crippen LogP contribution < -0.4 is 0 Å². The molecule has 0 saturated carbocycles. The van der Waals surface area contributed by atoms with Crippen LogP contribution in [0, 0.1) is 0 Å². The standard InChI is InChI=1S/C16H23NO4/c1-19-10-11-21-13-12-20-9-8-17-7-6-14-4-2-3-5-15(14)16(17)18/h2-5H,6-13H2,1H3. The largest absolute Gasteiger partial charge is 0.382 e. The minimum Gasteiger partial charge on any atom is -0.382 e. The lowest BCUT2D eigenvalue weighted by Crippen LogP contribution is -2.39. The molecule has 1 amide bonds. The summed E-state index contributed by atoms with van der Waals surface area (Å²) in [6, 6.07) is 7.81. The molecule has 2 rings (SSSR count). The fourth-order valence-corrected chi connectivity index (χ4v) is 2.33. The number of carbonyl (C=O) groups is 1. The number of fused-ring (bicyclic) bond motifs is 1. The molecule has 1 aliphatic rings. The fraction of sp³-hybridized carbons (Fsp3) is 0.562. The molecule has 0 aromatic heterocycles. The van der Waals surface area contributed by atoms with E-state index >= 15 is 0 Å². The molecule has 21 heavy (non-hydrogen) atoms. The lowest BCUT2D eigenvalue weighted by Gasteiger charge is -2.28. The van der Waals surface area contributed by atoms with Crippen LogP contribution in [0.15, 0.2) is 24.3 Å². The smallest absolute Gasteiger partial charge is 0.254 e. The van der Waals surface area contributed by atoms with Crippen molar-refractivity contribution < 1.29 is 19.0 Å². The van der Waals surface area contributed by atoms with Gasteiger partial charge < -0.3 is 19.1 Å². The molecule has 1 aliphatic heterocycles. The number of amides is 1. The first-order valence-electron chi connectivity index (χ1n) is 7.34. The van der Waals surface area contributed by atoms with E-state index in [1.165, 1.54) is 0 Å². The second kappa shape index (κ2) is 8.77. The van der Waals surface area contributed by atoms with Crippen LogP contribution in [0.4, 0.5) is 0 Å². The number of rotatable bonds is 9. The molecule has 0 aliphatic carbocycles. The van der Waals surface area contributed by atoms with E-state index in [2.05, 4.69) is 0 Å². The lowest BCUT2D eigenvalue weighted by molar-refractivity contribution is 0.0189. The number of ether oxygens (including phenoxy) is 3. The van der Waals surface area contributed by atoms with E-state index in [1.807, 2.05) is 29.2 Å². The first-order valence-corrected chi connectivity index (χ1v) is 7.34. The zero-order valence-corrected chi connectivity index (χ0v) is 12.5. The van der Waals surface area contributed by atoms with Gasteiger partial charge in [0, 0.05) is 25.8 Å². The van der Waals surface area contributed by atoms with Crippen LogP contribution in [0.5, 0.6) is 0 Å². The van der Waals surface area contributed by atoms with Gasteiger partial charge in [-0.25, -0.2) is 0 Å². The molecule has 5 nitrogen and oxygen atoms in total. The van der Waals surface area contributed by atoms with Gasteiger partial charge in [-0.1, -0.05) is 18.2 Å². The maximum atomic E-state index is 12.3. The lowest BCUT2D eigenvalue weighted by atomic mass is 9.99. The Kier molecular flexibility index (Phi) is 6.66. The third-order valence-corrected chi connectivity index (χ3v) is 3.50. The zero-order valence-electron chi connectivity index (χ0n) is 12.5. The van der Waals surface area contributed by atoms with Crippen molar-refractivity contribution in [2.45, 2.75) is 6.42 Å². The van der Waals surface area contributed by atoms with Gasteiger partial charge in [0.15, 0.2) is 0 Å². The van der Waals surface area contributed by atoms with Crippen molar-refractivity contribution in [3.05, 3.63) is 35.4 Å². The van der Waals surface area contributed by atoms with Crippen molar-refractivity contribution in [2.24, 2.45) is 0 Å². The van der Waals surface area contributed by atoms with E-state index < -0.39 is 0 Å². The Morgan fingerprint density at radius 2 is 1.76 bits per heavy atom. The summed E-state index contributed by atoms with van der Waals surface area (Å²) < 4.78 is 15.7. The topological polar surface area (TPSA) is 48.0 Å². The van der Waals surface area contributed by atoms with Crippen LogP contribution in [0.25, 0.3) is 0 Å². The third kappa shape index (κ3) is 4.81. The molecular weight excluding hydrogens is 270 g/mol. The maximum absolute atomic E-state index is 12.3. The van der Waals surface area contributed by atoms with E-state index in [-0.39, 0.29) is 5.91 Å². The minimum atomic E-state index is 0.108. The Hall–Kier alpha value is -1.43. The van der Waals surface area contributed by atoms with Gasteiger partial charge in [-0.05, 0) is 18.1 Å². The molecule has 1 aromatic carbocycles. The van der Waals surface area contributed by atoms with Gasteiger partial charge in [0.25, 0.3) is 5.91 Å². The molecule has 0 N–H and O–H groups in total. The Bertz CT molecular complexity index is 450. The van der Waals surface area contributed by atoms with Crippen molar-refractivity contribution in [1.29, 1.82) is 0 Å². The van der Waals surface area contributed by atoms with Gasteiger partial charge >= 0.3 is 0 Å². The average Bonchev–Trinajstić information content (AvgIpc) is 2.52. The third-order valence-electron chi connectivity index (χ3n) is 3.50. The van der Waals surface area contributed by atoms with Crippen LogP contribution in [0.3, 0.4) is 0 Å². The summed E-state index contributed by atoms with van der Waals surface area (Å²) in [5.74, 6) is 0.108. The van der Waals surface area contributed by atoms with E-state index in [9.17, 15) is 4.79 Å². The van der Waals surface area contributed by atoms with Crippen LogP contribution in [0.2, 0.25) is 0 Å². The molecule has 1 heterocycles. The number of methoxy groups -OCH3 is 1. The number of hydrogen-bond acceptors (Lipinski definition) is 4. The second-order valence-corrected chi connectivity index (χ2v) is 4.92. The second-order valence-electron chi connectivity index (χ2n) is 4.92. The van der Waals surface area contributed by atoms with Gasteiger partial charge in [0.05, 0.1) is 33.0 Å². The van der Waals surface area contributed by atoms with Crippen molar-refractivity contribution in [3.63, 3.8) is 0 Å². The van der Waals surface area contributed by atoms with Crippen LogP contribution in [-0.2, 0) is 20.6 Å². The SMILES string of the molecule is COCCOCCOCCN1CCc2ccccc2C1=O. The van der Waals surface area contributed by atoms with E-state index in [1.54, 1.807) is 7.11 Å². The predicted octanol–water partition coefficient (Wildman–Crippen LogP) is 1.36. The Balaban J connectivity index is 1.63. The molecule has 0 spiro atoms. The summed E-state index contributed by atoms with van der Waals surface area (Å²) in [6.45, 7) is 4.22. The maximum Gasteiger partial charge on any atom is 0.254 e. The molecule has 0 unspecified atom stereocenters. The van der Waals surface area contributed by atoms with Crippen molar-refractivity contribution in [2.75, 3.05) is 53.2 Å². The molecule has 5 heteroatoms. The van der Waals surface area contributed by atoms with Gasteiger partial charge in [-0.3, -0.25) is 4.79 Å². The first-order chi connectivity index (χ1) is 10.3. The highest BCUT2D eigenvalue weighted by Crippen LogP contribution is 2.18. The molecule has 116 valence electrons. The predicted molar refractivity (Wildman–Crippen MR) is 79.6 cm³/mol. The van der Waals surface area contributed by atoms with Crippen molar-refractivity contribution in [1.82, 2.24) is 4.90 Å². The van der Waals surface area contributed by atoms with Gasteiger partial charge in [0.2, 0.25) is 0 Å². The Morgan fingerprint density at radius 3 is 2.57 bits per heavy atom. The highest BCUT2D eigenvalue weighted by molar-refractivity contribution is 5.96. The van der Waals surface area contributed by atoms with Crippen LogP contribution in [-0.4, -0.2) is 64.0 Å². The Morgan fingerprint density at radius 1 is 1.05 bits per heavy atom. The molecule has 0 radical (unpaired) electrons. The number of hydrogen-bond donors (Lipinski definition) is 0. The minimum absolute atomic E-state index is 0.108. The van der Waals surface area contributed by atoms with Gasteiger partial charge in [-0.15, -0.1) is 0 Å². The number of benzene rings is 1. The quantitative estimate of drug-likeness (QED) is 0.645. The number of nitrogens with zero attached hydrogens (tertiary/aromatic N) is 1. The normalized spacial score (nSPS) is 14.3. The monoisotopic (exact) mass is 293 g/mol. The summed E-state index contributed by atoms with van der Waals surface area (Å²) >= 11 is 0. The average molecular weight is 293 g/mol. The zero-order chi connectivity index (χ0) is 14.9. The summed E-state index contributed by atoms with van der Waals surface area (Å²) in [4.78, 5) is 14.1. The molecule has 0 fully saturated rings. The first kappa shape index (κ1) is 15.9. The van der Waals surface area contributed by atoms with Crippen molar-refractivity contribution in [3.8, 4) is 0 Å². The van der Waals surface area contributed by atoms with Gasteiger partial charge in [-0.2, -0.15) is 0 Å². The molecular formula is C16H23NO4. The van der Waals surface area contributed by atoms with Crippen LogP contribution >= 0.6 is 0 Å². The van der Waals surface area contributed by atoms with Crippen molar-refractivity contribution >= 4 is 5.91 Å². The summed E-state index contributed by atoms with van der Waals surface area (Å²) in [5.41, 5.74) is 1.97. The highest BCUT2D eigenvalue weighted by Gasteiger charge is 2.23. The summed E-state index contributed by atoms with van der Waals surface area (Å²) in [5, 5.41) is 0. The molecule has 0 bridgehead atoms. The number of carbonyl (C=O) groups excluding carboxylic acids is 1. The van der Waals surface area contributed by atoms with Crippen LogP contribution in [0.1, 0.15) is 15.9 Å². The summed E-state index contributed by atoms with van der Waals surface area (Å²) in [6.07, 6.45) is 0.919. The van der Waals surface area contributed by atoms with E-state index in [0.29, 0.717) is 39.6 Å². The molecule has 0 atom stereocenters. The van der Waals surface area contributed by atoms with E-state index in [4.69, 9.17) is 14.2 Å².